The van der Waals surface area contributed by atoms with Crippen molar-refractivity contribution in [2.24, 2.45) is 5.73 Å². The molecule has 1 heterocycles. The second-order valence-electron chi connectivity index (χ2n) is 4.90. The number of hydrogen-bond acceptors (Lipinski definition) is 5. The van der Waals surface area contributed by atoms with E-state index in [9.17, 15) is 16.8 Å². The van der Waals surface area contributed by atoms with Crippen LogP contribution in [0.3, 0.4) is 0 Å². The van der Waals surface area contributed by atoms with E-state index in [4.69, 9.17) is 18.0 Å². The molecule has 2 rings (SSSR count). The largest absolute Gasteiger partial charge is 0.389 e. The molecule has 0 saturated carbocycles. The van der Waals surface area contributed by atoms with Crippen molar-refractivity contribution in [1.82, 2.24) is 4.31 Å². The molecule has 21 heavy (non-hydrogen) atoms. The Morgan fingerprint density at radius 3 is 2.38 bits per heavy atom. The van der Waals surface area contributed by atoms with Crippen molar-refractivity contribution in [1.29, 1.82) is 0 Å². The van der Waals surface area contributed by atoms with Gasteiger partial charge in [0.25, 0.3) is 0 Å². The molecule has 0 atom stereocenters. The maximum Gasteiger partial charge on any atom is 0.243 e. The molecular weight excluding hydrogens is 332 g/mol. The molecule has 0 bridgehead atoms. The molecule has 0 amide bonds. The smallest absolute Gasteiger partial charge is 0.243 e. The van der Waals surface area contributed by atoms with Crippen LogP contribution in [-0.2, 0) is 19.9 Å². The molecule has 1 aromatic rings. The molecule has 6 nitrogen and oxygen atoms in total. The Bertz CT molecular complexity index is 771. The van der Waals surface area contributed by atoms with Crippen LogP contribution in [0.15, 0.2) is 23.1 Å². The van der Waals surface area contributed by atoms with Gasteiger partial charge in [-0.2, -0.15) is 4.31 Å². The molecule has 0 spiro atoms. The standard InChI is InChI=1S/C12H16N2O4S3/c1-9-2-3-10(12(13)19)8-11(9)21(17,18)14-4-6-20(15,16)7-5-14/h2-3,8H,4-7H2,1H3,(H2,13,19). The van der Waals surface area contributed by atoms with E-state index in [0.29, 0.717) is 11.1 Å². The van der Waals surface area contributed by atoms with Gasteiger partial charge in [0, 0.05) is 18.7 Å². The van der Waals surface area contributed by atoms with Crippen LogP contribution in [0.1, 0.15) is 11.1 Å². The fourth-order valence-corrected chi connectivity index (χ4v) is 5.36. The summed E-state index contributed by atoms with van der Waals surface area (Å²) < 4.78 is 49.3. The number of sulfonamides is 1. The van der Waals surface area contributed by atoms with Gasteiger partial charge in [-0.25, -0.2) is 16.8 Å². The minimum Gasteiger partial charge on any atom is -0.389 e. The lowest BCUT2D eigenvalue weighted by Crippen LogP contribution is -2.43. The Labute approximate surface area is 129 Å². The number of aryl methyl sites for hydroxylation is 1. The lowest BCUT2D eigenvalue weighted by molar-refractivity contribution is 0.430. The summed E-state index contributed by atoms with van der Waals surface area (Å²) in [6, 6.07) is 4.75. The van der Waals surface area contributed by atoms with Crippen LogP contribution in [0, 0.1) is 6.92 Å². The van der Waals surface area contributed by atoms with Crippen molar-refractivity contribution < 1.29 is 16.8 Å². The van der Waals surface area contributed by atoms with Crippen molar-refractivity contribution in [3.05, 3.63) is 29.3 Å². The first-order valence-electron chi connectivity index (χ1n) is 6.24. The first-order valence-corrected chi connectivity index (χ1v) is 9.91. The average molecular weight is 348 g/mol. The second kappa shape index (κ2) is 5.64. The summed E-state index contributed by atoms with van der Waals surface area (Å²) in [5.74, 6) is -0.305. The lowest BCUT2D eigenvalue weighted by atomic mass is 10.1. The van der Waals surface area contributed by atoms with Crippen molar-refractivity contribution in [3.8, 4) is 0 Å². The molecular formula is C12H16N2O4S3. The zero-order valence-electron chi connectivity index (χ0n) is 11.4. The van der Waals surface area contributed by atoms with E-state index in [-0.39, 0.29) is 34.5 Å². The predicted molar refractivity (Wildman–Crippen MR) is 84.5 cm³/mol. The zero-order valence-corrected chi connectivity index (χ0v) is 13.9. The molecule has 9 heteroatoms. The molecule has 1 saturated heterocycles. The summed E-state index contributed by atoms with van der Waals surface area (Å²) in [5, 5.41) is 0. The molecule has 1 fully saturated rings. The topological polar surface area (TPSA) is 97.5 Å². The van der Waals surface area contributed by atoms with Crippen LogP contribution < -0.4 is 5.73 Å². The van der Waals surface area contributed by atoms with Crippen LogP contribution in [0.25, 0.3) is 0 Å². The van der Waals surface area contributed by atoms with Gasteiger partial charge in [-0.05, 0) is 18.6 Å². The SMILES string of the molecule is Cc1ccc(C(N)=S)cc1S(=O)(=O)N1CCS(=O)(=O)CC1. The Kier molecular flexibility index (Phi) is 4.39. The van der Waals surface area contributed by atoms with Crippen molar-refractivity contribution in [2.75, 3.05) is 24.6 Å². The maximum absolute atomic E-state index is 12.6. The van der Waals surface area contributed by atoms with Crippen LogP contribution in [0.5, 0.6) is 0 Å². The summed E-state index contributed by atoms with van der Waals surface area (Å²) in [6.07, 6.45) is 0. The van der Waals surface area contributed by atoms with E-state index < -0.39 is 19.9 Å². The number of nitrogens with two attached hydrogens (primary N) is 1. The Morgan fingerprint density at radius 1 is 1.29 bits per heavy atom. The normalized spacial score (nSPS) is 19.3. The fraction of sp³-hybridized carbons (Fsp3) is 0.417. The average Bonchev–Trinajstić information content (AvgIpc) is 2.38. The third-order valence-corrected chi connectivity index (χ3v) is 7.28. The van der Waals surface area contributed by atoms with Crippen LogP contribution in [0.2, 0.25) is 0 Å². The number of sulfone groups is 1. The molecule has 1 aromatic carbocycles. The monoisotopic (exact) mass is 348 g/mol. The van der Waals surface area contributed by atoms with E-state index in [1.807, 2.05) is 0 Å². The van der Waals surface area contributed by atoms with Gasteiger partial charge in [0.15, 0.2) is 9.84 Å². The first kappa shape index (κ1) is 16.3. The summed E-state index contributed by atoms with van der Waals surface area (Å²) in [5.41, 5.74) is 6.58. The van der Waals surface area contributed by atoms with Gasteiger partial charge >= 0.3 is 0 Å². The lowest BCUT2D eigenvalue weighted by Gasteiger charge is -2.26. The van der Waals surface area contributed by atoms with Gasteiger partial charge in [-0.3, -0.25) is 0 Å². The van der Waals surface area contributed by atoms with Crippen molar-refractivity contribution in [3.63, 3.8) is 0 Å². The van der Waals surface area contributed by atoms with Gasteiger partial charge in [-0.15, -0.1) is 0 Å². The highest BCUT2D eigenvalue weighted by Crippen LogP contribution is 2.23. The van der Waals surface area contributed by atoms with E-state index in [0.717, 1.165) is 0 Å². The van der Waals surface area contributed by atoms with Gasteiger partial charge in [0.2, 0.25) is 10.0 Å². The van der Waals surface area contributed by atoms with Gasteiger partial charge in [0.05, 0.1) is 16.4 Å². The van der Waals surface area contributed by atoms with E-state index >= 15 is 0 Å². The number of benzene rings is 1. The highest BCUT2D eigenvalue weighted by atomic mass is 32.2. The Balaban J connectivity index is 2.40. The van der Waals surface area contributed by atoms with Crippen LogP contribution in [0.4, 0.5) is 0 Å². The van der Waals surface area contributed by atoms with Gasteiger partial charge < -0.3 is 5.73 Å². The second-order valence-corrected chi connectivity index (χ2v) is 9.55. The fourth-order valence-electron chi connectivity index (χ4n) is 2.11. The van der Waals surface area contributed by atoms with Crippen LogP contribution in [-0.4, -0.2) is 50.7 Å². The number of thiocarbonyl (C=S) groups is 1. The first-order chi connectivity index (χ1) is 9.63. The minimum absolute atomic E-state index is 0.0264. The number of rotatable bonds is 3. The summed E-state index contributed by atoms with van der Waals surface area (Å²) in [4.78, 5) is 0.236. The van der Waals surface area contributed by atoms with E-state index in [2.05, 4.69) is 0 Å². The van der Waals surface area contributed by atoms with Crippen molar-refractivity contribution >= 4 is 37.1 Å². The highest BCUT2D eigenvalue weighted by Gasteiger charge is 2.32. The number of hydrogen-bond donors (Lipinski definition) is 1. The van der Waals surface area contributed by atoms with E-state index in [1.54, 1.807) is 19.1 Å². The summed E-state index contributed by atoms with van der Waals surface area (Å²) >= 11 is 4.86. The molecule has 1 aliphatic heterocycles. The molecule has 0 unspecified atom stereocenters. The number of nitrogens with zero attached hydrogens (tertiary/aromatic N) is 1. The molecule has 0 aromatic heterocycles. The molecule has 0 radical (unpaired) electrons. The maximum atomic E-state index is 12.6. The van der Waals surface area contributed by atoms with Crippen molar-refractivity contribution in [2.45, 2.75) is 11.8 Å². The van der Waals surface area contributed by atoms with E-state index in [1.165, 1.54) is 10.4 Å². The molecule has 2 N–H and O–H groups in total. The summed E-state index contributed by atoms with van der Waals surface area (Å²) in [7, 11) is -6.88. The van der Waals surface area contributed by atoms with Gasteiger partial charge in [0.1, 0.15) is 4.99 Å². The molecule has 116 valence electrons. The molecule has 0 aliphatic carbocycles. The minimum atomic E-state index is -3.75. The van der Waals surface area contributed by atoms with Crippen LogP contribution >= 0.6 is 12.2 Å². The molecule has 1 aliphatic rings. The predicted octanol–water partition coefficient (Wildman–Crippen LogP) is 0.0483. The zero-order chi connectivity index (χ0) is 15.8. The third-order valence-electron chi connectivity index (χ3n) is 3.39. The summed E-state index contributed by atoms with van der Waals surface area (Å²) in [6.45, 7) is 1.62. The highest BCUT2D eigenvalue weighted by molar-refractivity contribution is 7.92. The quantitative estimate of drug-likeness (QED) is 0.775. The van der Waals surface area contributed by atoms with Gasteiger partial charge in [-0.1, -0.05) is 24.4 Å². The Morgan fingerprint density at radius 2 is 1.86 bits per heavy atom. The Hall–Kier alpha value is -1.03. The third kappa shape index (κ3) is 3.42.